The van der Waals surface area contributed by atoms with Crippen molar-refractivity contribution >= 4 is 5.69 Å². The van der Waals surface area contributed by atoms with E-state index in [0.29, 0.717) is 0 Å². The fraction of sp³-hybridized carbons (Fsp3) is 0.455. The molecule has 3 N–H and O–H groups in total. The molecule has 0 unspecified atom stereocenters. The zero-order valence-electron chi connectivity index (χ0n) is 8.46. The Morgan fingerprint density at radius 3 is 2.15 bits per heavy atom. The van der Waals surface area contributed by atoms with Gasteiger partial charge in [-0.1, -0.05) is 19.1 Å². The van der Waals surface area contributed by atoms with E-state index < -0.39 is 0 Å². The molecular formula is C11H17NO. The van der Waals surface area contributed by atoms with Crippen LogP contribution in [0.15, 0.2) is 12.1 Å². The van der Waals surface area contributed by atoms with Crippen molar-refractivity contribution in [3.05, 3.63) is 28.8 Å². The normalized spacial score (nSPS) is 12.9. The van der Waals surface area contributed by atoms with Crippen molar-refractivity contribution in [1.29, 1.82) is 0 Å². The molecule has 0 bridgehead atoms. The molecule has 1 aromatic rings. The second-order valence-corrected chi connectivity index (χ2v) is 3.49. The molecule has 0 aromatic heterocycles. The largest absolute Gasteiger partial charge is 0.398 e. The van der Waals surface area contributed by atoms with Gasteiger partial charge < -0.3 is 10.8 Å². The summed E-state index contributed by atoms with van der Waals surface area (Å²) >= 11 is 0. The minimum absolute atomic E-state index is 0.363. The molecule has 0 saturated heterocycles. The zero-order valence-corrected chi connectivity index (χ0v) is 8.46. The van der Waals surface area contributed by atoms with Gasteiger partial charge in [0.15, 0.2) is 0 Å². The molecule has 0 saturated carbocycles. The van der Waals surface area contributed by atoms with Gasteiger partial charge in [-0.3, -0.25) is 0 Å². The lowest BCUT2D eigenvalue weighted by molar-refractivity contribution is 0.173. The van der Waals surface area contributed by atoms with E-state index in [2.05, 4.69) is 0 Å². The number of anilines is 1. The van der Waals surface area contributed by atoms with Gasteiger partial charge in [-0.05, 0) is 37.0 Å². The lowest BCUT2D eigenvalue weighted by atomic mass is 10.00. The fourth-order valence-corrected chi connectivity index (χ4v) is 1.44. The Hall–Kier alpha value is -1.02. The first-order valence-electron chi connectivity index (χ1n) is 4.61. The molecule has 0 amide bonds. The maximum Gasteiger partial charge on any atom is 0.0787 e. The first kappa shape index (κ1) is 10.1. The van der Waals surface area contributed by atoms with Crippen LogP contribution in [0.2, 0.25) is 0 Å². The van der Waals surface area contributed by atoms with E-state index in [-0.39, 0.29) is 6.10 Å². The highest BCUT2D eigenvalue weighted by Gasteiger charge is 2.07. The van der Waals surface area contributed by atoms with Crippen LogP contribution < -0.4 is 5.73 Å². The first-order chi connectivity index (χ1) is 6.06. The Kier molecular flexibility index (Phi) is 2.94. The Labute approximate surface area is 79.4 Å². The third kappa shape index (κ3) is 2.01. The quantitative estimate of drug-likeness (QED) is 0.684. The second kappa shape index (κ2) is 3.79. The molecule has 13 heavy (non-hydrogen) atoms. The predicted octanol–water partition coefficient (Wildman–Crippen LogP) is 2.33. The summed E-state index contributed by atoms with van der Waals surface area (Å²) in [6.45, 7) is 5.90. The Morgan fingerprint density at radius 2 is 1.77 bits per heavy atom. The minimum Gasteiger partial charge on any atom is -0.398 e. The molecule has 0 heterocycles. The van der Waals surface area contributed by atoms with Crippen molar-refractivity contribution in [1.82, 2.24) is 0 Å². The number of benzene rings is 1. The van der Waals surface area contributed by atoms with Crippen molar-refractivity contribution < 1.29 is 5.11 Å². The van der Waals surface area contributed by atoms with Gasteiger partial charge in [0.25, 0.3) is 0 Å². The lowest BCUT2D eigenvalue weighted by Gasteiger charge is -2.12. The summed E-state index contributed by atoms with van der Waals surface area (Å²) in [7, 11) is 0. The van der Waals surface area contributed by atoms with Crippen LogP contribution in [0.1, 0.15) is 36.1 Å². The Balaban J connectivity index is 3.13. The standard InChI is InChI=1S/C11H17NO/c1-4-10(13)9-5-7(2)11(12)8(3)6-9/h5-6,10,13H,4,12H2,1-3H3/t10-/m0/s1. The fourth-order valence-electron chi connectivity index (χ4n) is 1.44. The van der Waals surface area contributed by atoms with Gasteiger partial charge >= 0.3 is 0 Å². The van der Waals surface area contributed by atoms with Gasteiger partial charge in [0.1, 0.15) is 0 Å². The number of rotatable bonds is 2. The minimum atomic E-state index is -0.363. The Bertz CT molecular complexity index is 284. The Morgan fingerprint density at radius 1 is 1.31 bits per heavy atom. The third-order valence-electron chi connectivity index (χ3n) is 2.39. The third-order valence-corrected chi connectivity index (χ3v) is 2.39. The van der Waals surface area contributed by atoms with Crippen molar-refractivity contribution in [2.24, 2.45) is 0 Å². The number of nitrogens with two attached hydrogens (primary N) is 1. The van der Waals surface area contributed by atoms with Gasteiger partial charge in [0, 0.05) is 5.69 Å². The van der Waals surface area contributed by atoms with Crippen molar-refractivity contribution in [2.45, 2.75) is 33.3 Å². The molecule has 0 fully saturated rings. The molecule has 1 atom stereocenters. The molecule has 1 aromatic carbocycles. The maximum atomic E-state index is 9.63. The monoisotopic (exact) mass is 179 g/mol. The van der Waals surface area contributed by atoms with Gasteiger partial charge in [-0.2, -0.15) is 0 Å². The second-order valence-electron chi connectivity index (χ2n) is 3.49. The highest BCUT2D eigenvalue weighted by molar-refractivity contribution is 5.54. The van der Waals surface area contributed by atoms with Crippen LogP contribution in [-0.4, -0.2) is 5.11 Å². The molecule has 0 aliphatic heterocycles. The van der Waals surface area contributed by atoms with E-state index >= 15 is 0 Å². The number of hydrogen-bond donors (Lipinski definition) is 2. The van der Waals surface area contributed by atoms with Crippen LogP contribution >= 0.6 is 0 Å². The highest BCUT2D eigenvalue weighted by atomic mass is 16.3. The summed E-state index contributed by atoms with van der Waals surface area (Å²) in [6.07, 6.45) is 0.376. The smallest absolute Gasteiger partial charge is 0.0787 e. The number of nitrogen functional groups attached to an aromatic ring is 1. The average Bonchev–Trinajstić information content (AvgIpc) is 2.12. The highest BCUT2D eigenvalue weighted by Crippen LogP contribution is 2.24. The van der Waals surface area contributed by atoms with E-state index in [0.717, 1.165) is 28.8 Å². The summed E-state index contributed by atoms with van der Waals surface area (Å²) in [5.74, 6) is 0. The van der Waals surface area contributed by atoms with E-state index in [1.54, 1.807) is 0 Å². The van der Waals surface area contributed by atoms with Crippen LogP contribution in [0.4, 0.5) is 5.69 Å². The molecule has 0 spiro atoms. The van der Waals surface area contributed by atoms with Gasteiger partial charge in [-0.15, -0.1) is 0 Å². The first-order valence-corrected chi connectivity index (χ1v) is 4.61. The number of aliphatic hydroxyl groups excluding tert-OH is 1. The molecule has 1 rings (SSSR count). The maximum absolute atomic E-state index is 9.63. The predicted molar refractivity (Wildman–Crippen MR) is 55.6 cm³/mol. The lowest BCUT2D eigenvalue weighted by Crippen LogP contribution is -2.00. The summed E-state index contributed by atoms with van der Waals surface area (Å²) < 4.78 is 0. The van der Waals surface area contributed by atoms with E-state index in [1.165, 1.54) is 0 Å². The van der Waals surface area contributed by atoms with Gasteiger partial charge in [0.05, 0.1) is 6.10 Å². The number of aryl methyl sites for hydroxylation is 2. The van der Waals surface area contributed by atoms with E-state index in [1.807, 2.05) is 32.9 Å². The number of aliphatic hydroxyl groups is 1. The average molecular weight is 179 g/mol. The zero-order chi connectivity index (χ0) is 10.0. The summed E-state index contributed by atoms with van der Waals surface area (Å²) in [6, 6.07) is 3.91. The molecule has 0 radical (unpaired) electrons. The topological polar surface area (TPSA) is 46.2 Å². The molecule has 0 aliphatic carbocycles. The van der Waals surface area contributed by atoms with E-state index in [9.17, 15) is 5.11 Å². The van der Waals surface area contributed by atoms with E-state index in [4.69, 9.17) is 5.73 Å². The van der Waals surface area contributed by atoms with Crippen LogP contribution in [0.25, 0.3) is 0 Å². The van der Waals surface area contributed by atoms with Crippen LogP contribution in [0.3, 0.4) is 0 Å². The molecular weight excluding hydrogens is 162 g/mol. The van der Waals surface area contributed by atoms with Crippen LogP contribution in [-0.2, 0) is 0 Å². The molecule has 72 valence electrons. The SMILES string of the molecule is CC[C@H](O)c1cc(C)c(N)c(C)c1. The summed E-state index contributed by atoms with van der Waals surface area (Å²) in [5, 5.41) is 9.63. The van der Waals surface area contributed by atoms with Crippen molar-refractivity contribution in [2.75, 3.05) is 5.73 Å². The van der Waals surface area contributed by atoms with Gasteiger partial charge in [0.2, 0.25) is 0 Å². The number of hydrogen-bond acceptors (Lipinski definition) is 2. The molecule has 0 aliphatic rings. The summed E-state index contributed by atoms with van der Waals surface area (Å²) in [4.78, 5) is 0. The summed E-state index contributed by atoms with van der Waals surface area (Å²) in [5.41, 5.74) is 9.69. The van der Waals surface area contributed by atoms with Crippen molar-refractivity contribution in [3.63, 3.8) is 0 Å². The molecule has 2 nitrogen and oxygen atoms in total. The molecule has 2 heteroatoms. The van der Waals surface area contributed by atoms with Crippen LogP contribution in [0, 0.1) is 13.8 Å². The van der Waals surface area contributed by atoms with Crippen LogP contribution in [0.5, 0.6) is 0 Å². The van der Waals surface area contributed by atoms with Crippen molar-refractivity contribution in [3.8, 4) is 0 Å². The van der Waals surface area contributed by atoms with Gasteiger partial charge in [-0.25, -0.2) is 0 Å².